The van der Waals surface area contributed by atoms with Gasteiger partial charge in [-0.2, -0.15) is 11.8 Å². The molecule has 0 spiro atoms. The van der Waals surface area contributed by atoms with Crippen molar-refractivity contribution in [2.24, 2.45) is 10.9 Å². The summed E-state index contributed by atoms with van der Waals surface area (Å²) in [4.78, 5) is 7.02. The fourth-order valence-electron chi connectivity index (χ4n) is 3.19. The summed E-state index contributed by atoms with van der Waals surface area (Å²) in [6, 6.07) is 0.640. The molecule has 0 aromatic rings. The highest BCUT2D eigenvalue weighted by atomic mass is 127. The Bertz CT molecular complexity index is 290. The van der Waals surface area contributed by atoms with E-state index in [2.05, 4.69) is 40.6 Å². The Labute approximate surface area is 158 Å². The summed E-state index contributed by atoms with van der Waals surface area (Å²) < 4.78 is 0. The van der Waals surface area contributed by atoms with Gasteiger partial charge in [0.1, 0.15) is 0 Å². The highest BCUT2D eigenvalue weighted by Crippen LogP contribution is 2.22. The second-order valence-electron chi connectivity index (χ2n) is 5.76. The van der Waals surface area contributed by atoms with Crippen LogP contribution >= 0.6 is 35.7 Å². The molecular weight excluding hydrogens is 407 g/mol. The number of hydrogen-bond donors (Lipinski definition) is 2. The van der Waals surface area contributed by atoms with Crippen LogP contribution in [0.5, 0.6) is 0 Å². The first-order valence-electron chi connectivity index (χ1n) is 8.44. The summed E-state index contributed by atoms with van der Waals surface area (Å²) in [6.07, 6.45) is 7.37. The van der Waals surface area contributed by atoms with E-state index in [9.17, 15) is 0 Å². The van der Waals surface area contributed by atoms with Gasteiger partial charge in [0.2, 0.25) is 0 Å². The van der Waals surface area contributed by atoms with E-state index in [1.807, 2.05) is 18.8 Å². The predicted octanol–water partition coefficient (Wildman–Crippen LogP) is 3.03. The molecule has 1 aliphatic heterocycles. The van der Waals surface area contributed by atoms with Crippen molar-refractivity contribution in [2.45, 2.75) is 45.6 Å². The summed E-state index contributed by atoms with van der Waals surface area (Å²) in [6.45, 7) is 9.15. The van der Waals surface area contributed by atoms with Crippen LogP contribution in [-0.4, -0.2) is 62.1 Å². The third kappa shape index (κ3) is 7.73. The lowest BCUT2D eigenvalue weighted by Gasteiger charge is -2.34. The van der Waals surface area contributed by atoms with Crippen LogP contribution in [0.4, 0.5) is 0 Å². The standard InChI is InChI=1S/C16H34N4S.HI/c1-5-14(6-2)15(20-10-7-8-11-20)13-19-16(17-3)18-9-12-21-4;/h14-15H,5-13H2,1-4H3,(H2,17,18,19);1H. The average molecular weight is 442 g/mol. The lowest BCUT2D eigenvalue weighted by Crippen LogP contribution is -2.49. The fourth-order valence-corrected chi connectivity index (χ4v) is 3.50. The fraction of sp³-hybridized carbons (Fsp3) is 0.938. The first-order chi connectivity index (χ1) is 10.3. The van der Waals surface area contributed by atoms with Crippen LogP contribution < -0.4 is 10.6 Å². The lowest BCUT2D eigenvalue weighted by molar-refractivity contribution is 0.167. The van der Waals surface area contributed by atoms with Gasteiger partial charge in [-0.05, 0) is 38.1 Å². The van der Waals surface area contributed by atoms with Gasteiger partial charge >= 0.3 is 0 Å². The van der Waals surface area contributed by atoms with Crippen LogP contribution in [0.2, 0.25) is 0 Å². The van der Waals surface area contributed by atoms with Crippen molar-refractivity contribution in [1.82, 2.24) is 15.5 Å². The van der Waals surface area contributed by atoms with Crippen molar-refractivity contribution in [3.05, 3.63) is 0 Å². The van der Waals surface area contributed by atoms with E-state index >= 15 is 0 Å². The van der Waals surface area contributed by atoms with E-state index in [-0.39, 0.29) is 24.0 Å². The van der Waals surface area contributed by atoms with E-state index < -0.39 is 0 Å². The number of aliphatic imine (C=N–C) groups is 1. The van der Waals surface area contributed by atoms with Crippen LogP contribution in [0.15, 0.2) is 4.99 Å². The van der Waals surface area contributed by atoms with Gasteiger partial charge in [-0.3, -0.25) is 9.89 Å². The van der Waals surface area contributed by atoms with E-state index in [0.29, 0.717) is 6.04 Å². The largest absolute Gasteiger partial charge is 0.356 e. The minimum Gasteiger partial charge on any atom is -0.356 e. The molecule has 1 heterocycles. The van der Waals surface area contributed by atoms with E-state index in [1.165, 1.54) is 38.8 Å². The van der Waals surface area contributed by atoms with Gasteiger partial charge in [-0.1, -0.05) is 26.7 Å². The molecule has 0 saturated carbocycles. The Kier molecular flexibility index (Phi) is 13.9. The van der Waals surface area contributed by atoms with Crippen LogP contribution in [-0.2, 0) is 0 Å². The van der Waals surface area contributed by atoms with Crippen molar-refractivity contribution in [3.8, 4) is 0 Å². The molecule has 0 aromatic carbocycles. The van der Waals surface area contributed by atoms with Crippen LogP contribution in [0.1, 0.15) is 39.5 Å². The molecule has 2 N–H and O–H groups in total. The molecule has 1 aliphatic rings. The van der Waals surface area contributed by atoms with E-state index in [0.717, 1.165) is 30.7 Å². The van der Waals surface area contributed by atoms with Gasteiger partial charge < -0.3 is 10.6 Å². The molecule has 4 nitrogen and oxygen atoms in total. The third-order valence-electron chi connectivity index (χ3n) is 4.50. The Morgan fingerprint density at radius 1 is 1.18 bits per heavy atom. The summed E-state index contributed by atoms with van der Waals surface area (Å²) in [7, 11) is 1.86. The van der Waals surface area contributed by atoms with Crippen LogP contribution in [0.25, 0.3) is 0 Å². The van der Waals surface area contributed by atoms with Gasteiger partial charge in [-0.25, -0.2) is 0 Å². The summed E-state index contributed by atoms with van der Waals surface area (Å²) in [5.41, 5.74) is 0. The number of rotatable bonds is 9. The zero-order chi connectivity index (χ0) is 15.5. The maximum absolute atomic E-state index is 4.34. The molecule has 0 bridgehead atoms. The normalized spacial score (nSPS) is 17.4. The molecule has 1 saturated heterocycles. The Morgan fingerprint density at radius 2 is 1.82 bits per heavy atom. The van der Waals surface area contributed by atoms with Gasteiger partial charge in [0, 0.05) is 31.9 Å². The molecule has 6 heteroatoms. The van der Waals surface area contributed by atoms with Gasteiger partial charge in [0.05, 0.1) is 0 Å². The predicted molar refractivity (Wildman–Crippen MR) is 112 cm³/mol. The van der Waals surface area contributed by atoms with Crippen LogP contribution in [0, 0.1) is 5.92 Å². The van der Waals surface area contributed by atoms with Gasteiger partial charge in [0.15, 0.2) is 5.96 Å². The van der Waals surface area contributed by atoms with Gasteiger partial charge in [-0.15, -0.1) is 24.0 Å². The summed E-state index contributed by atoms with van der Waals surface area (Å²) in [5.74, 6) is 2.84. The average Bonchev–Trinajstić information content (AvgIpc) is 3.03. The molecule has 1 rings (SSSR count). The minimum absolute atomic E-state index is 0. The SMILES string of the molecule is CCC(CC)C(CNC(=NC)NCCSC)N1CCCC1.I. The van der Waals surface area contributed by atoms with Crippen LogP contribution in [0.3, 0.4) is 0 Å². The number of nitrogens with one attached hydrogen (secondary N) is 2. The highest BCUT2D eigenvalue weighted by molar-refractivity contribution is 14.0. The van der Waals surface area contributed by atoms with Crippen molar-refractivity contribution in [3.63, 3.8) is 0 Å². The molecule has 22 heavy (non-hydrogen) atoms. The number of halogens is 1. The second kappa shape index (κ2) is 13.7. The molecular formula is C16H35IN4S. The molecule has 1 atom stereocenters. The molecule has 1 fully saturated rings. The summed E-state index contributed by atoms with van der Waals surface area (Å²) in [5, 5.41) is 6.93. The quantitative estimate of drug-likeness (QED) is 0.249. The zero-order valence-electron chi connectivity index (χ0n) is 14.7. The smallest absolute Gasteiger partial charge is 0.191 e. The van der Waals surface area contributed by atoms with Gasteiger partial charge in [0.25, 0.3) is 0 Å². The molecule has 0 amide bonds. The monoisotopic (exact) mass is 442 g/mol. The van der Waals surface area contributed by atoms with Crippen molar-refractivity contribution < 1.29 is 0 Å². The second-order valence-corrected chi connectivity index (χ2v) is 6.75. The van der Waals surface area contributed by atoms with Crippen molar-refractivity contribution in [2.75, 3.05) is 45.2 Å². The zero-order valence-corrected chi connectivity index (χ0v) is 17.9. The molecule has 132 valence electrons. The Hall–Kier alpha value is 0.310. The number of hydrogen-bond acceptors (Lipinski definition) is 3. The third-order valence-corrected chi connectivity index (χ3v) is 5.12. The minimum atomic E-state index is 0. The van der Waals surface area contributed by atoms with Crippen molar-refractivity contribution >= 4 is 41.7 Å². The number of nitrogens with zero attached hydrogens (tertiary/aromatic N) is 2. The highest BCUT2D eigenvalue weighted by Gasteiger charge is 2.27. The first kappa shape index (κ1) is 22.3. The summed E-state index contributed by atoms with van der Waals surface area (Å²) >= 11 is 1.86. The topological polar surface area (TPSA) is 39.7 Å². The Morgan fingerprint density at radius 3 is 2.32 bits per heavy atom. The Balaban J connectivity index is 0.00000441. The number of likely N-dealkylation sites (tertiary alicyclic amines) is 1. The van der Waals surface area contributed by atoms with Crippen molar-refractivity contribution in [1.29, 1.82) is 0 Å². The lowest BCUT2D eigenvalue weighted by atomic mass is 9.93. The first-order valence-corrected chi connectivity index (χ1v) is 9.83. The number of thioether (sulfide) groups is 1. The number of guanidine groups is 1. The van der Waals surface area contributed by atoms with E-state index in [1.54, 1.807) is 0 Å². The molecule has 1 unspecified atom stereocenters. The van der Waals surface area contributed by atoms with E-state index in [4.69, 9.17) is 0 Å². The maximum atomic E-state index is 4.34. The molecule has 0 aromatic heterocycles. The molecule has 0 aliphatic carbocycles. The maximum Gasteiger partial charge on any atom is 0.191 e. The molecule has 0 radical (unpaired) electrons.